The van der Waals surface area contributed by atoms with Crippen molar-refractivity contribution in [3.8, 4) is 0 Å². The zero-order valence-electron chi connectivity index (χ0n) is 20.5. The molecule has 1 spiro atoms. The molecule has 33 heavy (non-hydrogen) atoms. The van der Waals surface area contributed by atoms with Crippen molar-refractivity contribution in [1.82, 2.24) is 0 Å². The van der Waals surface area contributed by atoms with E-state index >= 15 is 0 Å². The first-order valence-electron chi connectivity index (χ1n) is 12.4. The van der Waals surface area contributed by atoms with Crippen LogP contribution in [-0.4, -0.2) is 57.9 Å². The van der Waals surface area contributed by atoms with Crippen LogP contribution in [0.4, 0.5) is 0 Å². The molecule has 2 heterocycles. The summed E-state index contributed by atoms with van der Waals surface area (Å²) in [5.41, 5.74) is 0.937. The van der Waals surface area contributed by atoms with Gasteiger partial charge in [-0.15, -0.1) is 0 Å². The van der Waals surface area contributed by atoms with Gasteiger partial charge < -0.3 is 0 Å². The summed E-state index contributed by atoms with van der Waals surface area (Å²) in [6, 6.07) is 0. The van der Waals surface area contributed by atoms with E-state index in [-0.39, 0.29) is 3.80 Å². The predicted molar refractivity (Wildman–Crippen MR) is 129 cm³/mol. The van der Waals surface area contributed by atoms with Crippen LogP contribution in [0.2, 0.25) is 8.87 Å². The Morgan fingerprint density at radius 3 is 1.79 bits per heavy atom. The first-order chi connectivity index (χ1) is 15.8. The van der Waals surface area contributed by atoms with Gasteiger partial charge in [0, 0.05) is 0 Å². The van der Waals surface area contributed by atoms with E-state index in [1.165, 1.54) is 0 Å². The molecule has 0 aromatic carbocycles. The van der Waals surface area contributed by atoms with Gasteiger partial charge in [0.1, 0.15) is 0 Å². The number of carbonyl (C=O) groups is 4. The minimum absolute atomic E-state index is 0.0168. The predicted octanol–water partition coefficient (Wildman–Crippen LogP) is 5.05. The first-order valence-corrected chi connectivity index (χ1v) is 24.0. The molecule has 1 atom stereocenters. The molecular weight excluding hydrogens is 638 g/mol. The minimum atomic E-state index is -5.36. The van der Waals surface area contributed by atoms with Gasteiger partial charge in [0.15, 0.2) is 0 Å². The number of unbranched alkanes of at least 4 members (excludes halogenated alkanes) is 4. The molecule has 1 unspecified atom stereocenters. The molecule has 0 N–H and O–H groups in total. The average Bonchev–Trinajstić information content (AvgIpc) is 2.79. The first kappa shape index (κ1) is 28.6. The van der Waals surface area contributed by atoms with Gasteiger partial charge in [-0.2, -0.15) is 0 Å². The molecule has 7 nitrogen and oxygen atoms in total. The molecule has 0 aliphatic carbocycles. The van der Waals surface area contributed by atoms with Gasteiger partial charge in [0.2, 0.25) is 0 Å². The van der Waals surface area contributed by atoms with Crippen molar-refractivity contribution in [1.29, 1.82) is 0 Å². The molecule has 0 amide bonds. The summed E-state index contributed by atoms with van der Waals surface area (Å²) < 4.78 is 18.6. The molecule has 0 aromatic rings. The van der Waals surface area contributed by atoms with E-state index in [1.807, 2.05) is 6.92 Å². The number of allylic oxidation sites excluding steroid dienone is 2. The summed E-state index contributed by atoms with van der Waals surface area (Å²) in [6.07, 6.45) is 9.72. The fourth-order valence-corrected chi connectivity index (χ4v) is 39.3. The van der Waals surface area contributed by atoms with Crippen molar-refractivity contribution in [3.05, 3.63) is 23.3 Å². The fraction of sp³-hybridized carbons (Fsp3) is 0.667. The van der Waals surface area contributed by atoms with Crippen molar-refractivity contribution in [2.24, 2.45) is 0 Å². The molecule has 184 valence electrons. The van der Waals surface area contributed by atoms with Crippen molar-refractivity contribution in [2.45, 2.75) is 101 Å². The van der Waals surface area contributed by atoms with E-state index in [0.717, 1.165) is 63.5 Å². The summed E-state index contributed by atoms with van der Waals surface area (Å²) in [5, 5.41) is 0. The molecule has 0 bridgehead atoms. The molecule has 0 aromatic heterocycles. The van der Waals surface area contributed by atoms with Crippen molar-refractivity contribution in [3.63, 3.8) is 0 Å². The Morgan fingerprint density at radius 2 is 1.24 bits per heavy atom. The summed E-state index contributed by atoms with van der Waals surface area (Å²) in [6.45, 7) is 8.19. The van der Waals surface area contributed by atoms with Gasteiger partial charge in [-0.3, -0.25) is 0 Å². The van der Waals surface area contributed by atoms with Crippen LogP contribution in [0.15, 0.2) is 23.3 Å². The Labute approximate surface area is 207 Å². The third kappa shape index (κ3) is 6.93. The Bertz CT molecular complexity index is 810. The molecule has 0 saturated heterocycles. The third-order valence-electron chi connectivity index (χ3n) is 6.19. The summed E-state index contributed by atoms with van der Waals surface area (Å²) >= 11 is -9.64. The van der Waals surface area contributed by atoms with E-state index in [2.05, 4.69) is 20.8 Å². The van der Waals surface area contributed by atoms with Crippen molar-refractivity contribution in [2.75, 3.05) is 0 Å². The number of carbonyl (C=O) groups excluding carboxylic acids is 4. The van der Waals surface area contributed by atoms with Gasteiger partial charge >= 0.3 is 209 Å². The SMILES string of the molecule is CCCC/C1=C(\CCCC)[C](=O)[Sn]([CH2]CCC)([CH2]CCC)[O][Sn]2([O]C(=O)C=C[C]2=O)[O]C1=O. The van der Waals surface area contributed by atoms with Gasteiger partial charge in [0.25, 0.3) is 0 Å². The van der Waals surface area contributed by atoms with Crippen molar-refractivity contribution < 1.29 is 26.7 Å². The summed E-state index contributed by atoms with van der Waals surface area (Å²) in [5.74, 6) is -1.44. The van der Waals surface area contributed by atoms with Crippen LogP contribution in [-0.2, 0) is 26.7 Å². The van der Waals surface area contributed by atoms with E-state index < -0.39 is 54.1 Å². The summed E-state index contributed by atoms with van der Waals surface area (Å²) in [4.78, 5) is 53.0. The van der Waals surface area contributed by atoms with Crippen LogP contribution >= 0.6 is 0 Å². The van der Waals surface area contributed by atoms with Crippen LogP contribution in [0.3, 0.4) is 0 Å². The standard InChI is InChI=1S/C12H19O3.C4H3O3.2C4H9.O.2Sn/c1-3-5-7-10(9-13)11(12(14)15)8-6-4-2;5-3-1-2-4(6)7;2*1-3-4-2;;;/h3-8H2,1-2H3,(H,14,15);1-2H,(H,6,7);2*1,3-4H2,2H3;;;/q;;;;;;+2/p-2/b11-10-;;;;;;. The Hall–Kier alpha value is -0.683. The maximum absolute atomic E-state index is 14.3. The zero-order chi connectivity index (χ0) is 24.5. The van der Waals surface area contributed by atoms with Crippen LogP contribution in [0, 0.1) is 0 Å². The zero-order valence-corrected chi connectivity index (χ0v) is 26.2. The molecule has 9 heteroatoms. The molecule has 2 rings (SSSR count). The van der Waals surface area contributed by atoms with E-state index in [0.29, 0.717) is 32.9 Å². The van der Waals surface area contributed by atoms with E-state index in [1.54, 1.807) is 0 Å². The summed E-state index contributed by atoms with van der Waals surface area (Å²) in [7, 11) is 0. The molecule has 0 fully saturated rings. The Balaban J connectivity index is 2.75. The molecule has 2 aliphatic heterocycles. The van der Waals surface area contributed by atoms with Crippen LogP contribution in [0.1, 0.15) is 91.9 Å². The number of hydrogen-bond donors (Lipinski definition) is 0. The average molecular weight is 676 g/mol. The second-order valence-corrected chi connectivity index (χ2v) is 28.9. The second-order valence-electron chi connectivity index (χ2n) is 8.86. The third-order valence-corrected chi connectivity index (χ3v) is 35.4. The van der Waals surface area contributed by atoms with Gasteiger partial charge in [-0.05, 0) is 0 Å². The number of rotatable bonds is 12. The monoisotopic (exact) mass is 678 g/mol. The van der Waals surface area contributed by atoms with Gasteiger partial charge in [0.05, 0.1) is 0 Å². The Kier molecular flexibility index (Phi) is 11.6. The second kappa shape index (κ2) is 13.4. The van der Waals surface area contributed by atoms with Crippen molar-refractivity contribution >= 4 is 57.9 Å². The molecule has 0 radical (unpaired) electrons. The van der Waals surface area contributed by atoms with Crippen LogP contribution < -0.4 is 0 Å². The normalized spacial score (nSPS) is 25.1. The number of hydrogen-bond acceptors (Lipinski definition) is 7. The topological polar surface area (TPSA) is 96.0 Å². The van der Waals surface area contributed by atoms with Gasteiger partial charge in [-0.1, -0.05) is 0 Å². The quantitative estimate of drug-likeness (QED) is 0.267. The van der Waals surface area contributed by atoms with Crippen LogP contribution in [0.25, 0.3) is 0 Å². The Morgan fingerprint density at radius 1 is 0.697 bits per heavy atom. The van der Waals surface area contributed by atoms with E-state index in [9.17, 15) is 19.2 Å². The molecule has 0 saturated carbocycles. The van der Waals surface area contributed by atoms with E-state index in [4.69, 9.17) is 7.56 Å². The van der Waals surface area contributed by atoms with Gasteiger partial charge in [-0.25, -0.2) is 0 Å². The molecular formula is C24H38O7Sn2. The maximum atomic E-state index is 14.3. The van der Waals surface area contributed by atoms with Crippen LogP contribution in [0.5, 0.6) is 0 Å². The fourth-order valence-electron chi connectivity index (χ4n) is 4.25. The molecule has 2 aliphatic rings.